The number of nitro benzene ring substituents is 1. The van der Waals surface area contributed by atoms with Crippen LogP contribution in [0.5, 0.6) is 0 Å². The number of ether oxygens (including phenoxy) is 1. The van der Waals surface area contributed by atoms with E-state index >= 15 is 0 Å². The van der Waals surface area contributed by atoms with Gasteiger partial charge in [-0.25, -0.2) is 8.42 Å². The van der Waals surface area contributed by atoms with E-state index in [1.54, 1.807) is 6.08 Å². The smallest absolute Gasteiger partial charge is 0.318 e. The molecule has 0 amide bonds. The largest absolute Gasteiger partial charge is 0.429 e. The number of cyclic esters (lactones) is 1. The fraction of sp³-hybridized carbons (Fsp3) is 0.400. The molecule has 2 aliphatic heterocycles. The van der Waals surface area contributed by atoms with Crippen molar-refractivity contribution >= 4 is 21.7 Å². The van der Waals surface area contributed by atoms with Gasteiger partial charge < -0.3 is 4.74 Å². The molecule has 2 unspecified atom stereocenters. The van der Waals surface area contributed by atoms with E-state index < -0.39 is 26.7 Å². The maximum atomic E-state index is 12.6. The van der Waals surface area contributed by atoms with Crippen molar-refractivity contribution < 1.29 is 22.9 Å². The Morgan fingerprint density at radius 3 is 2.62 bits per heavy atom. The van der Waals surface area contributed by atoms with Crippen molar-refractivity contribution in [2.24, 2.45) is 11.8 Å². The predicted octanol–water partition coefficient (Wildman–Crippen LogP) is 1.43. The first-order valence-corrected chi connectivity index (χ1v) is 9.02. The van der Waals surface area contributed by atoms with Crippen molar-refractivity contribution in [1.29, 1.82) is 0 Å². The second-order valence-electron chi connectivity index (χ2n) is 6.17. The summed E-state index contributed by atoms with van der Waals surface area (Å²) in [5.41, 5.74) is -0.462. The number of carbonyl (C=O) groups is 1. The zero-order valence-electron chi connectivity index (χ0n) is 12.5. The molecule has 0 aromatic heterocycles. The van der Waals surface area contributed by atoms with Gasteiger partial charge in [0, 0.05) is 12.6 Å². The Balaban J connectivity index is 1.59. The molecule has 126 valence electrons. The van der Waals surface area contributed by atoms with E-state index in [0.29, 0.717) is 11.7 Å². The van der Waals surface area contributed by atoms with Crippen LogP contribution in [0.4, 0.5) is 5.69 Å². The van der Waals surface area contributed by atoms with Gasteiger partial charge in [0.15, 0.2) is 4.90 Å². The van der Waals surface area contributed by atoms with Gasteiger partial charge in [0.2, 0.25) is 0 Å². The van der Waals surface area contributed by atoms with E-state index in [4.69, 9.17) is 4.74 Å². The van der Waals surface area contributed by atoms with Crippen LogP contribution < -0.4 is 0 Å². The van der Waals surface area contributed by atoms with Crippen LogP contribution in [-0.4, -0.2) is 36.2 Å². The van der Waals surface area contributed by atoms with Crippen molar-refractivity contribution in [3.8, 4) is 0 Å². The van der Waals surface area contributed by atoms with Gasteiger partial charge in [-0.3, -0.25) is 14.9 Å². The lowest BCUT2D eigenvalue weighted by Crippen LogP contribution is -2.17. The molecular weight excluding hydrogens is 336 g/mol. The van der Waals surface area contributed by atoms with Gasteiger partial charge in [-0.2, -0.15) is 4.31 Å². The van der Waals surface area contributed by atoms with Crippen LogP contribution in [-0.2, 0) is 19.6 Å². The summed E-state index contributed by atoms with van der Waals surface area (Å²) in [6.45, 7) is 0.158. The van der Waals surface area contributed by atoms with Gasteiger partial charge in [-0.05, 0) is 30.9 Å². The number of carbonyl (C=O) groups excluding carboxylic acids is 1. The fourth-order valence-corrected chi connectivity index (χ4v) is 4.69. The van der Waals surface area contributed by atoms with Gasteiger partial charge in [0.1, 0.15) is 5.76 Å². The molecule has 4 rings (SSSR count). The number of sulfonamides is 1. The Morgan fingerprint density at radius 1 is 1.25 bits per heavy atom. The molecule has 0 spiro atoms. The van der Waals surface area contributed by atoms with Crippen LogP contribution in [0, 0.1) is 22.0 Å². The lowest BCUT2D eigenvalue weighted by Gasteiger charge is -2.07. The Hall–Kier alpha value is -2.26. The molecule has 8 nitrogen and oxygen atoms in total. The normalized spacial score (nSPS) is 29.1. The molecule has 3 aliphatic rings. The zero-order chi connectivity index (χ0) is 17.1. The summed E-state index contributed by atoms with van der Waals surface area (Å²) in [5, 5.41) is 11.1. The molecule has 0 radical (unpaired) electrons. The summed E-state index contributed by atoms with van der Waals surface area (Å²) in [7, 11) is -4.01. The first-order chi connectivity index (χ1) is 11.4. The third-order valence-electron chi connectivity index (χ3n) is 4.51. The maximum Gasteiger partial charge on any atom is 0.318 e. The van der Waals surface area contributed by atoms with Crippen LogP contribution in [0.25, 0.3) is 0 Å². The maximum absolute atomic E-state index is 12.6. The van der Waals surface area contributed by atoms with E-state index in [1.165, 1.54) is 18.2 Å². The molecule has 1 aromatic rings. The number of hydrogen-bond donors (Lipinski definition) is 0. The molecular formula is C15H14N2O6S. The molecule has 0 N–H and O–H groups in total. The van der Waals surface area contributed by atoms with Gasteiger partial charge >= 0.3 is 5.97 Å². The quantitative estimate of drug-likeness (QED) is 0.344. The van der Waals surface area contributed by atoms with E-state index in [1.807, 2.05) is 0 Å². The zero-order valence-corrected chi connectivity index (χ0v) is 13.3. The molecule has 2 fully saturated rings. The minimum Gasteiger partial charge on any atom is -0.429 e. The standard InChI is InChI=1S/C15H14N2O6S/c18-15-10(9-5-6-9)7-13(23-15)12-8-16(12)24(21,22)14-4-2-1-3-11(14)17(19)20/h1-4,7,9-10,12H,5-6,8H2/t10-,12?,16?/m1/s1. The molecule has 1 saturated carbocycles. The van der Waals surface area contributed by atoms with E-state index in [2.05, 4.69) is 0 Å². The first kappa shape index (κ1) is 15.3. The molecule has 1 aromatic carbocycles. The number of para-hydroxylation sites is 1. The summed E-state index contributed by atoms with van der Waals surface area (Å²) < 4.78 is 31.6. The van der Waals surface area contributed by atoms with Gasteiger partial charge in [0.25, 0.3) is 15.7 Å². The number of benzene rings is 1. The predicted molar refractivity (Wildman–Crippen MR) is 81.2 cm³/mol. The number of nitrogens with zero attached hydrogens (tertiary/aromatic N) is 2. The Bertz CT molecular complexity index is 874. The molecule has 2 heterocycles. The van der Waals surface area contributed by atoms with E-state index in [-0.39, 0.29) is 23.3 Å². The highest BCUT2D eigenvalue weighted by Gasteiger charge is 2.53. The molecule has 0 bridgehead atoms. The SMILES string of the molecule is O=C1OC(C2CN2S(=O)(=O)c2ccccc2[N+](=O)[O-])=C[C@@H]1C1CC1. The molecule has 24 heavy (non-hydrogen) atoms. The van der Waals surface area contributed by atoms with Crippen LogP contribution in [0.2, 0.25) is 0 Å². The van der Waals surface area contributed by atoms with E-state index in [9.17, 15) is 23.3 Å². The second kappa shape index (κ2) is 5.12. The second-order valence-corrected chi connectivity index (χ2v) is 8.03. The highest BCUT2D eigenvalue weighted by atomic mass is 32.2. The van der Waals surface area contributed by atoms with Gasteiger partial charge in [0.05, 0.1) is 16.9 Å². The minimum atomic E-state index is -4.01. The third-order valence-corrected chi connectivity index (χ3v) is 6.43. The number of esters is 1. The molecule has 9 heteroatoms. The lowest BCUT2D eigenvalue weighted by molar-refractivity contribution is -0.387. The molecule has 1 saturated heterocycles. The summed E-state index contributed by atoms with van der Waals surface area (Å²) in [6.07, 6.45) is 3.67. The number of rotatable bonds is 5. The van der Waals surface area contributed by atoms with Crippen molar-refractivity contribution in [2.75, 3.05) is 6.54 Å². The van der Waals surface area contributed by atoms with Crippen LogP contribution in [0.15, 0.2) is 41.0 Å². The monoisotopic (exact) mass is 350 g/mol. The van der Waals surface area contributed by atoms with Crippen molar-refractivity contribution in [1.82, 2.24) is 4.31 Å². The average molecular weight is 350 g/mol. The van der Waals surface area contributed by atoms with Crippen LogP contribution >= 0.6 is 0 Å². The third kappa shape index (κ3) is 2.40. The van der Waals surface area contributed by atoms with E-state index in [0.717, 1.165) is 23.2 Å². The average Bonchev–Trinajstić information content (AvgIpc) is 3.45. The van der Waals surface area contributed by atoms with Crippen molar-refractivity contribution in [3.05, 3.63) is 46.2 Å². The Kier molecular flexibility index (Phi) is 3.26. The minimum absolute atomic E-state index is 0.158. The Labute approximate surface area is 137 Å². The van der Waals surface area contributed by atoms with Gasteiger partial charge in [-0.15, -0.1) is 0 Å². The van der Waals surface area contributed by atoms with Gasteiger partial charge in [-0.1, -0.05) is 12.1 Å². The number of hydrogen-bond acceptors (Lipinski definition) is 6. The van der Waals surface area contributed by atoms with Crippen molar-refractivity contribution in [3.63, 3.8) is 0 Å². The Morgan fingerprint density at radius 2 is 1.96 bits per heavy atom. The molecule has 3 atom stereocenters. The topological polar surface area (TPSA) is 107 Å². The highest BCUT2D eigenvalue weighted by molar-refractivity contribution is 7.89. The molecule has 1 aliphatic carbocycles. The summed E-state index contributed by atoms with van der Waals surface area (Å²) >= 11 is 0. The van der Waals surface area contributed by atoms with Crippen molar-refractivity contribution in [2.45, 2.75) is 23.8 Å². The summed E-state index contributed by atoms with van der Waals surface area (Å²) in [6, 6.07) is 4.67. The number of nitro groups is 1. The summed E-state index contributed by atoms with van der Waals surface area (Å²) in [4.78, 5) is 21.8. The summed E-state index contributed by atoms with van der Waals surface area (Å²) in [5.74, 6) is 0.0340. The van der Waals surface area contributed by atoms with Crippen LogP contribution in [0.3, 0.4) is 0 Å². The lowest BCUT2D eigenvalue weighted by atomic mass is 10.1. The first-order valence-electron chi connectivity index (χ1n) is 7.58. The highest BCUT2D eigenvalue weighted by Crippen LogP contribution is 2.44. The fourth-order valence-electron chi connectivity index (χ4n) is 3.00. The van der Waals surface area contributed by atoms with Crippen LogP contribution in [0.1, 0.15) is 12.8 Å².